The number of benzene rings is 1. The molecule has 0 aliphatic carbocycles. The van der Waals surface area contributed by atoms with Gasteiger partial charge < -0.3 is 9.30 Å². The number of aromatic nitrogens is 2. The number of rotatable bonds is 4. The number of carbonyl (C=O) groups is 1. The zero-order valence-electron chi connectivity index (χ0n) is 21.1. The molecule has 1 aliphatic heterocycles. The number of hydrogen-bond acceptors (Lipinski definition) is 5. The Bertz CT molecular complexity index is 1380. The van der Waals surface area contributed by atoms with Crippen molar-refractivity contribution in [2.45, 2.75) is 70.2 Å². The van der Waals surface area contributed by atoms with E-state index in [1.54, 1.807) is 17.0 Å². The first-order chi connectivity index (χ1) is 16.3. The van der Waals surface area contributed by atoms with E-state index in [0.29, 0.717) is 11.4 Å². The van der Waals surface area contributed by atoms with Crippen molar-refractivity contribution < 1.29 is 17.9 Å². The fourth-order valence-electron chi connectivity index (χ4n) is 4.56. The van der Waals surface area contributed by atoms with E-state index < -0.39 is 15.4 Å². The Balaban J connectivity index is 1.50. The molecule has 0 bridgehead atoms. The van der Waals surface area contributed by atoms with Gasteiger partial charge in [0.1, 0.15) is 5.60 Å². The molecule has 7 nitrogen and oxygen atoms in total. The molecule has 1 aromatic carbocycles. The number of fused-ring (bicyclic) bond motifs is 1. The molecule has 3 heterocycles. The number of sulfone groups is 1. The molecule has 2 atom stereocenters. The van der Waals surface area contributed by atoms with Gasteiger partial charge in [0.25, 0.3) is 0 Å². The zero-order valence-corrected chi connectivity index (χ0v) is 22.0. The predicted molar refractivity (Wildman–Crippen MR) is 138 cm³/mol. The zero-order chi connectivity index (χ0) is 25.5. The average molecular weight is 496 g/mol. The van der Waals surface area contributed by atoms with Crippen LogP contribution in [0.3, 0.4) is 0 Å². The molecule has 0 spiro atoms. The maximum Gasteiger partial charge on any atom is 0.411 e. The molecule has 0 radical (unpaired) electrons. The highest BCUT2D eigenvalue weighted by molar-refractivity contribution is 7.90. The van der Waals surface area contributed by atoms with Crippen LogP contribution in [-0.4, -0.2) is 52.9 Å². The van der Waals surface area contributed by atoms with Crippen molar-refractivity contribution >= 4 is 32.4 Å². The van der Waals surface area contributed by atoms with Crippen LogP contribution in [0, 0.1) is 0 Å². The van der Waals surface area contributed by atoms with Gasteiger partial charge in [-0.05, 0) is 82.5 Å². The number of hydrogen-bond donors (Lipinski definition) is 0. The second kappa shape index (κ2) is 9.15. The molecule has 3 aromatic rings. The summed E-state index contributed by atoms with van der Waals surface area (Å²) in [6.45, 7) is 10.3. The minimum Gasteiger partial charge on any atom is -0.444 e. The van der Waals surface area contributed by atoms with Crippen LogP contribution < -0.4 is 0 Å². The quantitative estimate of drug-likeness (QED) is 0.491. The van der Waals surface area contributed by atoms with Gasteiger partial charge in [0, 0.05) is 35.6 Å². The molecule has 8 heteroatoms. The molecular formula is C27H33N3O4S. The summed E-state index contributed by atoms with van der Waals surface area (Å²) in [6, 6.07) is 11.1. The van der Waals surface area contributed by atoms with Gasteiger partial charge >= 0.3 is 6.09 Å². The van der Waals surface area contributed by atoms with Crippen LogP contribution in [0.2, 0.25) is 0 Å². The molecule has 0 unspecified atom stereocenters. The lowest BCUT2D eigenvalue weighted by atomic mass is 9.93. The maximum absolute atomic E-state index is 12.7. The lowest BCUT2D eigenvalue weighted by molar-refractivity contribution is 0.0122. The van der Waals surface area contributed by atoms with E-state index in [0.717, 1.165) is 28.6 Å². The fourth-order valence-corrected chi connectivity index (χ4v) is 5.22. The maximum atomic E-state index is 12.7. The van der Waals surface area contributed by atoms with E-state index in [-0.39, 0.29) is 18.2 Å². The topological polar surface area (TPSA) is 81.5 Å². The highest BCUT2D eigenvalue weighted by Gasteiger charge is 2.32. The summed E-state index contributed by atoms with van der Waals surface area (Å²) >= 11 is 0. The molecule has 0 N–H and O–H groups in total. The summed E-state index contributed by atoms with van der Waals surface area (Å²) in [5, 5.41) is 0.884. The lowest BCUT2D eigenvalue weighted by Crippen LogP contribution is -2.48. The summed E-state index contributed by atoms with van der Waals surface area (Å²) in [5.74, 6) is 0. The van der Waals surface area contributed by atoms with Crippen LogP contribution in [-0.2, 0) is 21.1 Å². The number of amides is 1. The van der Waals surface area contributed by atoms with Gasteiger partial charge in [0.05, 0.1) is 23.2 Å². The lowest BCUT2D eigenvalue weighted by Gasteiger charge is -2.38. The summed E-state index contributed by atoms with van der Waals surface area (Å²) in [5.41, 5.74) is 3.56. The summed E-state index contributed by atoms with van der Waals surface area (Å²) in [7, 11) is -3.24. The molecular weight excluding hydrogens is 462 g/mol. The second-order valence-corrected chi connectivity index (χ2v) is 12.4. The van der Waals surface area contributed by atoms with Gasteiger partial charge in [0.2, 0.25) is 0 Å². The molecule has 1 aliphatic rings. The third-order valence-corrected chi connectivity index (χ3v) is 7.28. The van der Waals surface area contributed by atoms with E-state index in [1.165, 1.54) is 11.8 Å². The standard InChI is InChI=1S/C27H33N3O4S/c1-18-13-22(14-19(2)30(18)26(31)34-27(3,4)5)21-7-8-23(28-16-21)17-29-12-11-20-15-24(35(6,32)33)9-10-25(20)29/h7-13,15-16,18-19H,14,17H2,1-6H3/t18-,19-/m0/s1. The highest BCUT2D eigenvalue weighted by atomic mass is 32.2. The molecule has 1 amide bonds. The van der Waals surface area contributed by atoms with Crippen molar-refractivity contribution in [1.82, 2.24) is 14.5 Å². The van der Waals surface area contributed by atoms with Gasteiger partial charge in [-0.25, -0.2) is 13.2 Å². The minimum atomic E-state index is -3.24. The van der Waals surface area contributed by atoms with Gasteiger partial charge in [-0.2, -0.15) is 0 Å². The molecule has 0 saturated carbocycles. The van der Waals surface area contributed by atoms with Crippen molar-refractivity contribution in [3.63, 3.8) is 0 Å². The van der Waals surface area contributed by atoms with Crippen molar-refractivity contribution in [3.8, 4) is 0 Å². The molecule has 2 aromatic heterocycles. The van der Waals surface area contributed by atoms with Crippen LogP contribution in [0.25, 0.3) is 16.5 Å². The minimum absolute atomic E-state index is 0.0163. The van der Waals surface area contributed by atoms with E-state index in [1.807, 2.05) is 65.2 Å². The molecule has 0 saturated heterocycles. The summed E-state index contributed by atoms with van der Waals surface area (Å²) in [6.07, 6.45) is 7.61. The number of ether oxygens (including phenoxy) is 1. The van der Waals surface area contributed by atoms with Crippen molar-refractivity contribution in [1.29, 1.82) is 0 Å². The first-order valence-electron chi connectivity index (χ1n) is 11.8. The Labute approximate surface area is 207 Å². The molecule has 35 heavy (non-hydrogen) atoms. The van der Waals surface area contributed by atoms with E-state index in [2.05, 4.69) is 21.7 Å². The summed E-state index contributed by atoms with van der Waals surface area (Å²) in [4.78, 5) is 19.5. The Kier molecular flexibility index (Phi) is 6.53. The SMILES string of the molecule is C[C@H]1C=C(c2ccc(Cn3ccc4cc(S(C)(=O)=O)ccc43)nc2)C[C@H](C)N1C(=O)OC(C)(C)C. The summed E-state index contributed by atoms with van der Waals surface area (Å²) < 4.78 is 31.3. The van der Waals surface area contributed by atoms with Crippen LogP contribution in [0.1, 0.15) is 52.3 Å². The van der Waals surface area contributed by atoms with Crippen LogP contribution in [0.15, 0.2) is 59.8 Å². The average Bonchev–Trinajstić information content (AvgIpc) is 3.14. The Morgan fingerprint density at radius 3 is 2.49 bits per heavy atom. The number of pyridine rings is 1. The molecule has 186 valence electrons. The fraction of sp³-hybridized carbons (Fsp3) is 0.407. The normalized spacial score (nSPS) is 19.0. The van der Waals surface area contributed by atoms with Crippen LogP contribution in [0.5, 0.6) is 0 Å². The third kappa shape index (κ3) is 5.59. The first-order valence-corrected chi connectivity index (χ1v) is 13.7. The van der Waals surface area contributed by atoms with Gasteiger partial charge in [-0.1, -0.05) is 12.1 Å². The Hall–Kier alpha value is -3.13. The van der Waals surface area contributed by atoms with Crippen molar-refractivity contribution in [2.24, 2.45) is 0 Å². The third-order valence-electron chi connectivity index (χ3n) is 6.17. The van der Waals surface area contributed by atoms with Crippen molar-refractivity contribution in [3.05, 3.63) is 66.1 Å². The van der Waals surface area contributed by atoms with Crippen molar-refractivity contribution in [2.75, 3.05) is 6.26 Å². The molecule has 4 rings (SSSR count). The van der Waals surface area contributed by atoms with E-state index >= 15 is 0 Å². The van der Waals surface area contributed by atoms with E-state index in [4.69, 9.17) is 4.74 Å². The smallest absolute Gasteiger partial charge is 0.411 e. The van der Waals surface area contributed by atoms with Crippen LogP contribution >= 0.6 is 0 Å². The predicted octanol–water partition coefficient (Wildman–Crippen LogP) is 5.29. The van der Waals surface area contributed by atoms with Gasteiger partial charge in [-0.15, -0.1) is 0 Å². The largest absolute Gasteiger partial charge is 0.444 e. The number of carbonyl (C=O) groups excluding carboxylic acids is 1. The van der Waals surface area contributed by atoms with Crippen LogP contribution in [0.4, 0.5) is 4.79 Å². The number of nitrogens with zero attached hydrogens (tertiary/aromatic N) is 3. The van der Waals surface area contributed by atoms with E-state index in [9.17, 15) is 13.2 Å². The Morgan fingerprint density at radius 1 is 1.14 bits per heavy atom. The first kappa shape index (κ1) is 25.0. The molecule has 0 fully saturated rings. The van der Waals surface area contributed by atoms with Gasteiger partial charge in [0.15, 0.2) is 9.84 Å². The van der Waals surface area contributed by atoms with Gasteiger partial charge in [-0.3, -0.25) is 9.88 Å². The highest BCUT2D eigenvalue weighted by Crippen LogP contribution is 2.30. The second-order valence-electron chi connectivity index (χ2n) is 10.3. The monoisotopic (exact) mass is 495 g/mol. The Morgan fingerprint density at radius 2 is 1.89 bits per heavy atom.